The summed E-state index contributed by atoms with van der Waals surface area (Å²) in [5, 5.41) is 0. The molecule has 21 heavy (non-hydrogen) atoms. The van der Waals surface area contributed by atoms with Crippen LogP contribution in [0.5, 0.6) is 0 Å². The summed E-state index contributed by atoms with van der Waals surface area (Å²) in [6.45, 7) is 2.03. The molecule has 6 heteroatoms. The molecule has 0 unspecified atom stereocenters. The van der Waals surface area contributed by atoms with Gasteiger partial charge in [0, 0.05) is 29.6 Å². The van der Waals surface area contributed by atoms with Crippen LogP contribution in [0.25, 0.3) is 0 Å². The highest BCUT2D eigenvalue weighted by molar-refractivity contribution is 7.99. The van der Waals surface area contributed by atoms with Gasteiger partial charge in [-0.25, -0.2) is 12.7 Å². The van der Waals surface area contributed by atoms with Crippen LogP contribution in [-0.4, -0.2) is 26.8 Å². The normalized spacial score (nSPS) is 11.8. The molecule has 0 atom stereocenters. The Morgan fingerprint density at radius 3 is 2.19 bits per heavy atom. The first-order valence-corrected chi connectivity index (χ1v) is 8.63. The Morgan fingerprint density at radius 2 is 1.67 bits per heavy atom. The summed E-state index contributed by atoms with van der Waals surface area (Å²) in [7, 11) is -0.450. The third-order valence-electron chi connectivity index (χ3n) is 3.01. The Balaban J connectivity index is 2.30. The smallest absolute Gasteiger partial charge is 0.242 e. The third-order valence-corrected chi connectivity index (χ3v) is 5.92. The van der Waals surface area contributed by atoms with Gasteiger partial charge in [-0.05, 0) is 37.3 Å². The summed E-state index contributed by atoms with van der Waals surface area (Å²) in [5.41, 5.74) is 7.65. The Kier molecular flexibility index (Phi) is 4.61. The fraction of sp³-hybridized carbons (Fsp3) is 0.200. The van der Waals surface area contributed by atoms with Gasteiger partial charge in [-0.3, -0.25) is 0 Å². The van der Waals surface area contributed by atoms with Gasteiger partial charge in [0.25, 0.3) is 0 Å². The van der Waals surface area contributed by atoms with Crippen molar-refractivity contribution in [2.75, 3.05) is 19.8 Å². The fourth-order valence-electron chi connectivity index (χ4n) is 1.72. The molecular formula is C15H18N2O2S2. The van der Waals surface area contributed by atoms with Gasteiger partial charge in [-0.1, -0.05) is 29.5 Å². The molecule has 4 nitrogen and oxygen atoms in total. The van der Waals surface area contributed by atoms with Gasteiger partial charge in [0.2, 0.25) is 10.0 Å². The second kappa shape index (κ2) is 6.09. The van der Waals surface area contributed by atoms with Crippen molar-refractivity contribution in [2.45, 2.75) is 21.6 Å². The number of sulfonamides is 1. The standard InChI is InChI=1S/C15H18N2O2S2/c1-11-4-6-12(7-5-11)20-15-9-8-13(10-14(15)16)21(18,19)17(2)3/h4-10H,16H2,1-3H3. The number of hydrogen-bond acceptors (Lipinski definition) is 4. The van der Waals surface area contributed by atoms with E-state index in [1.807, 2.05) is 31.2 Å². The number of anilines is 1. The minimum atomic E-state index is -3.45. The quantitative estimate of drug-likeness (QED) is 0.879. The van der Waals surface area contributed by atoms with E-state index >= 15 is 0 Å². The predicted octanol–water partition coefficient (Wildman–Crippen LogP) is 2.98. The maximum absolute atomic E-state index is 12.1. The van der Waals surface area contributed by atoms with Crippen molar-refractivity contribution in [3.8, 4) is 0 Å². The first-order chi connectivity index (χ1) is 9.80. The zero-order valence-corrected chi connectivity index (χ0v) is 13.8. The van der Waals surface area contributed by atoms with Crippen LogP contribution in [0.3, 0.4) is 0 Å². The molecule has 112 valence electrons. The van der Waals surface area contributed by atoms with Crippen LogP contribution in [0.15, 0.2) is 57.2 Å². The Hall–Kier alpha value is -1.50. The highest BCUT2D eigenvalue weighted by atomic mass is 32.2. The summed E-state index contributed by atoms with van der Waals surface area (Å²) >= 11 is 1.52. The second-order valence-electron chi connectivity index (χ2n) is 4.90. The molecule has 0 bridgehead atoms. The lowest BCUT2D eigenvalue weighted by molar-refractivity contribution is 0.520. The number of nitrogen functional groups attached to an aromatic ring is 1. The molecule has 0 amide bonds. The van der Waals surface area contributed by atoms with Crippen molar-refractivity contribution in [1.82, 2.24) is 4.31 Å². The molecule has 2 aromatic carbocycles. The van der Waals surface area contributed by atoms with Crippen molar-refractivity contribution in [1.29, 1.82) is 0 Å². The zero-order chi connectivity index (χ0) is 15.6. The van der Waals surface area contributed by atoms with Gasteiger partial charge in [-0.2, -0.15) is 0 Å². The molecule has 0 aliphatic carbocycles. The molecule has 0 spiro atoms. The average Bonchev–Trinajstić information content (AvgIpc) is 2.43. The van der Waals surface area contributed by atoms with Gasteiger partial charge in [-0.15, -0.1) is 0 Å². The minimum Gasteiger partial charge on any atom is -0.398 e. The van der Waals surface area contributed by atoms with E-state index in [4.69, 9.17) is 5.73 Å². The fourth-order valence-corrected chi connectivity index (χ4v) is 3.50. The molecule has 2 aromatic rings. The van der Waals surface area contributed by atoms with Gasteiger partial charge < -0.3 is 5.73 Å². The molecule has 0 fully saturated rings. The lowest BCUT2D eigenvalue weighted by Crippen LogP contribution is -2.22. The Bertz CT molecular complexity index is 739. The SMILES string of the molecule is Cc1ccc(Sc2ccc(S(=O)(=O)N(C)C)cc2N)cc1. The van der Waals surface area contributed by atoms with Gasteiger partial charge in [0.05, 0.1) is 4.90 Å². The van der Waals surface area contributed by atoms with E-state index < -0.39 is 10.0 Å². The first-order valence-electron chi connectivity index (χ1n) is 6.37. The van der Waals surface area contributed by atoms with Crippen LogP contribution in [0.2, 0.25) is 0 Å². The Labute approximate surface area is 130 Å². The molecule has 0 saturated heterocycles. The lowest BCUT2D eigenvalue weighted by atomic mass is 10.2. The number of benzene rings is 2. The van der Waals surface area contributed by atoms with Crippen LogP contribution < -0.4 is 5.73 Å². The monoisotopic (exact) mass is 322 g/mol. The molecule has 0 aromatic heterocycles. The van der Waals surface area contributed by atoms with Crippen molar-refractivity contribution >= 4 is 27.5 Å². The maximum Gasteiger partial charge on any atom is 0.242 e. The van der Waals surface area contributed by atoms with E-state index in [9.17, 15) is 8.42 Å². The minimum absolute atomic E-state index is 0.207. The lowest BCUT2D eigenvalue weighted by Gasteiger charge is -2.13. The topological polar surface area (TPSA) is 63.4 Å². The van der Waals surface area contributed by atoms with Crippen LogP contribution in [0.1, 0.15) is 5.56 Å². The summed E-state index contributed by atoms with van der Waals surface area (Å²) < 4.78 is 25.3. The molecule has 2 N–H and O–H groups in total. The summed E-state index contributed by atoms with van der Waals surface area (Å²) in [4.78, 5) is 2.12. The number of nitrogens with two attached hydrogens (primary N) is 1. The van der Waals surface area contributed by atoms with E-state index in [1.54, 1.807) is 12.1 Å². The second-order valence-corrected chi connectivity index (χ2v) is 8.17. The summed E-state index contributed by atoms with van der Waals surface area (Å²) in [5.74, 6) is 0. The van der Waals surface area contributed by atoms with E-state index in [2.05, 4.69) is 0 Å². The van der Waals surface area contributed by atoms with Crippen LogP contribution in [0.4, 0.5) is 5.69 Å². The summed E-state index contributed by atoms with van der Waals surface area (Å²) in [6, 6.07) is 12.9. The molecule has 2 rings (SSSR count). The van der Waals surface area contributed by atoms with Gasteiger partial charge >= 0.3 is 0 Å². The number of nitrogens with zero attached hydrogens (tertiary/aromatic N) is 1. The first kappa shape index (κ1) is 15.9. The molecule has 0 aliphatic rings. The van der Waals surface area contributed by atoms with E-state index in [-0.39, 0.29) is 4.90 Å². The van der Waals surface area contributed by atoms with Crippen LogP contribution >= 0.6 is 11.8 Å². The van der Waals surface area contributed by atoms with Crippen molar-refractivity contribution < 1.29 is 8.42 Å². The molecular weight excluding hydrogens is 304 g/mol. The Morgan fingerprint density at radius 1 is 1.05 bits per heavy atom. The maximum atomic E-state index is 12.1. The van der Waals surface area contributed by atoms with Crippen LogP contribution in [0, 0.1) is 6.92 Å². The largest absolute Gasteiger partial charge is 0.398 e. The highest BCUT2D eigenvalue weighted by Gasteiger charge is 2.18. The van der Waals surface area contributed by atoms with Gasteiger partial charge in [0.15, 0.2) is 0 Å². The van der Waals surface area contributed by atoms with Crippen molar-refractivity contribution in [2.24, 2.45) is 0 Å². The van der Waals surface area contributed by atoms with Crippen molar-refractivity contribution in [3.63, 3.8) is 0 Å². The third kappa shape index (κ3) is 3.58. The predicted molar refractivity (Wildman–Crippen MR) is 87.0 cm³/mol. The highest BCUT2D eigenvalue weighted by Crippen LogP contribution is 2.33. The van der Waals surface area contributed by atoms with Gasteiger partial charge in [0.1, 0.15) is 0 Å². The van der Waals surface area contributed by atoms with E-state index in [0.29, 0.717) is 5.69 Å². The number of hydrogen-bond donors (Lipinski definition) is 1. The molecule has 0 saturated carbocycles. The number of rotatable bonds is 4. The van der Waals surface area contributed by atoms with E-state index in [0.717, 1.165) is 9.79 Å². The van der Waals surface area contributed by atoms with Crippen molar-refractivity contribution in [3.05, 3.63) is 48.0 Å². The number of aryl methyl sites for hydroxylation is 1. The average molecular weight is 322 g/mol. The van der Waals surface area contributed by atoms with Crippen LogP contribution in [-0.2, 0) is 10.0 Å². The van der Waals surface area contributed by atoms with E-state index in [1.165, 1.54) is 41.8 Å². The molecule has 0 heterocycles. The molecule has 0 aliphatic heterocycles. The molecule has 0 radical (unpaired) electrons. The zero-order valence-electron chi connectivity index (χ0n) is 12.2. The summed E-state index contributed by atoms with van der Waals surface area (Å²) in [6.07, 6.45) is 0.